The van der Waals surface area contributed by atoms with Crippen molar-refractivity contribution >= 4 is 23.6 Å². The van der Waals surface area contributed by atoms with Gasteiger partial charge in [-0.1, -0.05) is 61.0 Å². The summed E-state index contributed by atoms with van der Waals surface area (Å²) in [6, 6.07) is 15.8. The zero-order chi connectivity index (χ0) is 20.5. The van der Waals surface area contributed by atoms with E-state index in [1.165, 1.54) is 11.1 Å². The third-order valence-corrected chi connectivity index (χ3v) is 5.78. The third-order valence-electron chi connectivity index (χ3n) is 4.81. The Morgan fingerprint density at radius 3 is 2.50 bits per heavy atom. The molecule has 0 aliphatic rings. The van der Waals surface area contributed by atoms with Gasteiger partial charge in [-0.2, -0.15) is 0 Å². The van der Waals surface area contributed by atoms with Crippen LogP contribution in [0.3, 0.4) is 0 Å². The minimum Gasteiger partial charge on any atom is -0.357 e. The summed E-state index contributed by atoms with van der Waals surface area (Å²) in [7, 11) is 1.62. The summed E-state index contributed by atoms with van der Waals surface area (Å²) < 4.78 is 0. The van der Waals surface area contributed by atoms with E-state index in [-0.39, 0.29) is 11.8 Å². The molecule has 1 atom stereocenters. The van der Waals surface area contributed by atoms with Crippen molar-refractivity contribution in [2.75, 3.05) is 12.8 Å². The van der Waals surface area contributed by atoms with Gasteiger partial charge in [0.2, 0.25) is 11.8 Å². The lowest BCUT2D eigenvalue weighted by Crippen LogP contribution is -2.48. The summed E-state index contributed by atoms with van der Waals surface area (Å²) in [5.41, 5.74) is 4.66. The number of hydrogen-bond acceptors (Lipinski definition) is 3. The Labute approximate surface area is 172 Å². The molecule has 2 aromatic rings. The van der Waals surface area contributed by atoms with Crippen LogP contribution in [0.25, 0.3) is 0 Å². The molecule has 0 fully saturated rings. The number of thioether (sulfide) groups is 1. The third kappa shape index (κ3) is 6.13. The molecule has 0 spiro atoms. The van der Waals surface area contributed by atoms with Gasteiger partial charge in [-0.25, -0.2) is 0 Å². The Morgan fingerprint density at radius 1 is 1.11 bits per heavy atom. The quantitative estimate of drug-likeness (QED) is 0.692. The fourth-order valence-corrected chi connectivity index (χ4v) is 4.18. The van der Waals surface area contributed by atoms with Crippen LogP contribution in [0.2, 0.25) is 0 Å². The summed E-state index contributed by atoms with van der Waals surface area (Å²) in [5.74, 6) is 1.02. The summed E-state index contributed by atoms with van der Waals surface area (Å²) in [4.78, 5) is 27.1. The summed E-state index contributed by atoms with van der Waals surface area (Å²) in [5, 5.41) is 2.70. The molecule has 0 aliphatic carbocycles. The summed E-state index contributed by atoms with van der Waals surface area (Å²) in [6.07, 6.45) is 0.583. The maximum absolute atomic E-state index is 13.1. The van der Waals surface area contributed by atoms with E-state index in [4.69, 9.17) is 0 Å². The van der Waals surface area contributed by atoms with Gasteiger partial charge in [-0.05, 0) is 37.0 Å². The van der Waals surface area contributed by atoms with Gasteiger partial charge in [-0.15, -0.1) is 11.8 Å². The highest BCUT2D eigenvalue weighted by Gasteiger charge is 2.27. The molecule has 150 valence electrons. The predicted molar refractivity (Wildman–Crippen MR) is 117 cm³/mol. The standard InChI is InChI=1S/C23H30N2O2S/c1-5-21(23(27)24-4)25(14-19-11-8-9-17(2)13-19)22(26)16-28-15-20-12-7-6-10-18(20)3/h6-13,21H,5,14-16H2,1-4H3,(H,24,27)/t21-/m1/s1. The Bertz CT molecular complexity index is 807. The fourth-order valence-electron chi connectivity index (χ4n) is 3.20. The van der Waals surface area contributed by atoms with Gasteiger partial charge in [0.25, 0.3) is 0 Å². The van der Waals surface area contributed by atoms with Crippen molar-refractivity contribution in [3.63, 3.8) is 0 Å². The van der Waals surface area contributed by atoms with Crippen LogP contribution < -0.4 is 5.32 Å². The van der Waals surface area contributed by atoms with Crippen LogP contribution in [0.15, 0.2) is 48.5 Å². The van der Waals surface area contributed by atoms with Crippen molar-refractivity contribution in [1.29, 1.82) is 0 Å². The molecule has 4 nitrogen and oxygen atoms in total. The lowest BCUT2D eigenvalue weighted by molar-refractivity contribution is -0.139. The Balaban J connectivity index is 2.11. The molecule has 0 bridgehead atoms. The molecule has 0 unspecified atom stereocenters. The van der Waals surface area contributed by atoms with Gasteiger partial charge < -0.3 is 10.2 Å². The highest BCUT2D eigenvalue weighted by Crippen LogP contribution is 2.19. The van der Waals surface area contributed by atoms with Gasteiger partial charge >= 0.3 is 0 Å². The van der Waals surface area contributed by atoms with Crippen molar-refractivity contribution in [2.24, 2.45) is 0 Å². The fraction of sp³-hybridized carbons (Fsp3) is 0.391. The van der Waals surface area contributed by atoms with Crippen LogP contribution >= 0.6 is 11.8 Å². The second-order valence-corrected chi connectivity index (χ2v) is 7.95. The second kappa shape index (κ2) is 10.9. The van der Waals surface area contributed by atoms with Crippen LogP contribution in [-0.4, -0.2) is 35.6 Å². The minimum atomic E-state index is -0.461. The first-order valence-corrected chi connectivity index (χ1v) is 10.8. The molecule has 28 heavy (non-hydrogen) atoms. The maximum atomic E-state index is 13.1. The molecule has 0 aromatic heterocycles. The van der Waals surface area contributed by atoms with Gasteiger partial charge in [0.1, 0.15) is 6.04 Å². The molecule has 5 heteroatoms. The zero-order valence-corrected chi connectivity index (χ0v) is 18.0. The van der Waals surface area contributed by atoms with Crippen LogP contribution in [0.5, 0.6) is 0 Å². The first kappa shape index (κ1) is 22.0. The Kier molecular flexibility index (Phi) is 8.58. The van der Waals surface area contributed by atoms with E-state index >= 15 is 0 Å². The summed E-state index contributed by atoms with van der Waals surface area (Å²) in [6.45, 7) is 6.50. The number of benzene rings is 2. The minimum absolute atomic E-state index is 0.00413. The monoisotopic (exact) mass is 398 g/mol. The maximum Gasteiger partial charge on any atom is 0.242 e. The number of nitrogens with one attached hydrogen (secondary N) is 1. The average Bonchev–Trinajstić information content (AvgIpc) is 2.69. The largest absolute Gasteiger partial charge is 0.357 e. The Morgan fingerprint density at radius 2 is 1.86 bits per heavy atom. The molecule has 2 aromatic carbocycles. The number of hydrogen-bond donors (Lipinski definition) is 1. The molecule has 2 rings (SSSR count). The second-order valence-electron chi connectivity index (χ2n) is 6.97. The number of likely N-dealkylation sites (N-methyl/N-ethyl adjacent to an activating group) is 1. The molecular weight excluding hydrogens is 368 g/mol. The summed E-state index contributed by atoms with van der Waals surface area (Å²) >= 11 is 1.59. The first-order valence-electron chi connectivity index (χ1n) is 9.65. The number of aryl methyl sites for hydroxylation is 2. The SMILES string of the molecule is CC[C@H](C(=O)NC)N(Cc1cccc(C)c1)C(=O)CSCc1ccccc1C. The Hall–Kier alpha value is -2.27. The van der Waals surface area contributed by atoms with E-state index in [0.717, 1.165) is 16.9 Å². The molecule has 0 saturated heterocycles. The van der Waals surface area contributed by atoms with Gasteiger partial charge in [0, 0.05) is 19.3 Å². The van der Waals surface area contributed by atoms with E-state index in [2.05, 4.69) is 30.4 Å². The lowest BCUT2D eigenvalue weighted by Gasteiger charge is -2.30. The average molecular weight is 399 g/mol. The van der Waals surface area contributed by atoms with Crippen molar-refractivity contribution < 1.29 is 9.59 Å². The van der Waals surface area contributed by atoms with E-state index in [0.29, 0.717) is 18.7 Å². The lowest BCUT2D eigenvalue weighted by atomic mass is 10.1. The topological polar surface area (TPSA) is 49.4 Å². The van der Waals surface area contributed by atoms with Gasteiger partial charge in [0.05, 0.1) is 5.75 Å². The molecule has 1 N–H and O–H groups in total. The van der Waals surface area contributed by atoms with Crippen LogP contribution in [0.1, 0.15) is 35.6 Å². The number of carbonyl (C=O) groups is 2. The number of carbonyl (C=O) groups excluding carboxylic acids is 2. The molecule has 0 aliphatic heterocycles. The molecule has 2 amide bonds. The molecule has 0 saturated carbocycles. The van der Waals surface area contributed by atoms with Crippen molar-refractivity contribution in [2.45, 2.75) is 45.5 Å². The normalized spacial score (nSPS) is 11.7. The number of amides is 2. The van der Waals surface area contributed by atoms with Crippen molar-refractivity contribution in [3.05, 3.63) is 70.8 Å². The van der Waals surface area contributed by atoms with E-state index in [1.807, 2.05) is 44.2 Å². The highest BCUT2D eigenvalue weighted by atomic mass is 32.2. The van der Waals surface area contributed by atoms with Crippen LogP contribution in [0.4, 0.5) is 0 Å². The van der Waals surface area contributed by atoms with E-state index in [1.54, 1.807) is 23.7 Å². The zero-order valence-electron chi connectivity index (χ0n) is 17.2. The van der Waals surface area contributed by atoms with E-state index < -0.39 is 6.04 Å². The number of rotatable bonds is 9. The highest BCUT2D eigenvalue weighted by molar-refractivity contribution is 7.99. The van der Waals surface area contributed by atoms with E-state index in [9.17, 15) is 9.59 Å². The van der Waals surface area contributed by atoms with Crippen molar-refractivity contribution in [1.82, 2.24) is 10.2 Å². The molecular formula is C23H30N2O2S. The molecule has 0 radical (unpaired) electrons. The number of nitrogens with zero attached hydrogens (tertiary/aromatic N) is 1. The molecule has 0 heterocycles. The van der Waals surface area contributed by atoms with Crippen LogP contribution in [0, 0.1) is 13.8 Å². The van der Waals surface area contributed by atoms with Crippen molar-refractivity contribution in [3.8, 4) is 0 Å². The first-order chi connectivity index (χ1) is 13.5. The van der Waals surface area contributed by atoms with Crippen LogP contribution in [-0.2, 0) is 21.9 Å². The van der Waals surface area contributed by atoms with Gasteiger partial charge in [-0.3, -0.25) is 9.59 Å². The predicted octanol–water partition coefficient (Wildman–Crippen LogP) is 4.09. The smallest absolute Gasteiger partial charge is 0.242 e. The van der Waals surface area contributed by atoms with Gasteiger partial charge in [0.15, 0.2) is 0 Å².